The van der Waals surface area contributed by atoms with Crippen LogP contribution in [0.15, 0.2) is 11.4 Å². The number of hydrogen-bond acceptors (Lipinski definition) is 6. The normalized spacial score (nSPS) is 12.2. The van der Waals surface area contributed by atoms with Gasteiger partial charge in [-0.15, -0.1) is 11.3 Å². The molecule has 1 aromatic rings. The predicted molar refractivity (Wildman–Crippen MR) is 83.2 cm³/mol. The maximum absolute atomic E-state index is 12.0. The highest BCUT2D eigenvalue weighted by atomic mass is 32.2. The minimum Gasteiger partial charge on any atom is -0.384 e. The lowest BCUT2D eigenvalue weighted by molar-refractivity contribution is 0.350. The highest BCUT2D eigenvalue weighted by Gasteiger charge is 2.20. The van der Waals surface area contributed by atoms with Gasteiger partial charge in [0.2, 0.25) is 10.0 Å². The second kappa shape index (κ2) is 7.38. The molecule has 0 fully saturated rings. The van der Waals surface area contributed by atoms with Crippen LogP contribution in [0.4, 0.5) is 0 Å². The number of aliphatic hydroxyl groups excluding tert-OH is 1. The molecule has 0 aromatic carbocycles. The molecule has 0 bridgehead atoms. The molecule has 21 heavy (non-hydrogen) atoms. The van der Waals surface area contributed by atoms with Crippen LogP contribution in [0.1, 0.15) is 10.4 Å². The van der Waals surface area contributed by atoms with Gasteiger partial charge in [0.15, 0.2) is 0 Å². The van der Waals surface area contributed by atoms with E-state index >= 15 is 0 Å². The molecule has 9 heteroatoms. The molecule has 0 amide bonds. The summed E-state index contributed by atoms with van der Waals surface area (Å²) in [5.41, 5.74) is 0.714. The highest BCUT2D eigenvalue weighted by molar-refractivity contribution is 7.93. The summed E-state index contributed by atoms with van der Waals surface area (Å²) >= 11 is 1.36. The zero-order valence-electron chi connectivity index (χ0n) is 11.7. The Hall–Kier alpha value is -0.920. The Balaban J connectivity index is 2.71. The molecule has 0 saturated carbocycles. The molecule has 0 atom stereocenters. The lowest BCUT2D eigenvalue weighted by atomic mass is 10.3. The topological polar surface area (TPSA) is 91.8 Å². The number of sulfonamides is 1. The molecule has 0 aliphatic carbocycles. The van der Waals surface area contributed by atoms with Gasteiger partial charge in [-0.25, -0.2) is 16.8 Å². The van der Waals surface area contributed by atoms with E-state index in [1.54, 1.807) is 11.4 Å². The standard InChI is InChI=1S/C12H17NO5S3/c1-13(21(17,18)7-6-20(2,15)16)9-12-8-11(10-19-12)4-3-5-14/h8,10,14H,5-7,9H2,1-2H3. The first kappa shape index (κ1) is 18.1. The van der Waals surface area contributed by atoms with Gasteiger partial charge >= 0.3 is 0 Å². The predicted octanol–water partition coefficient (Wildman–Crippen LogP) is -0.102. The Kier molecular flexibility index (Phi) is 6.37. The van der Waals surface area contributed by atoms with E-state index in [1.807, 2.05) is 0 Å². The Labute approximate surface area is 129 Å². The van der Waals surface area contributed by atoms with Gasteiger partial charge in [-0.2, -0.15) is 4.31 Å². The van der Waals surface area contributed by atoms with Crippen molar-refractivity contribution in [1.82, 2.24) is 4.31 Å². The summed E-state index contributed by atoms with van der Waals surface area (Å²) < 4.78 is 47.2. The molecule has 1 rings (SSSR count). The lowest BCUT2D eigenvalue weighted by Gasteiger charge is -2.15. The Morgan fingerprint density at radius 2 is 1.95 bits per heavy atom. The SMILES string of the molecule is CN(Cc1cc(C#CCO)cs1)S(=O)(=O)CCS(C)(=O)=O. The third kappa shape index (κ3) is 6.58. The molecular formula is C12H17NO5S3. The minimum absolute atomic E-state index is 0.164. The second-order valence-corrected chi connectivity index (χ2v) is 9.91. The lowest BCUT2D eigenvalue weighted by Crippen LogP contribution is -2.31. The molecule has 1 N–H and O–H groups in total. The third-order valence-electron chi connectivity index (χ3n) is 2.53. The molecular weight excluding hydrogens is 334 g/mol. The summed E-state index contributed by atoms with van der Waals surface area (Å²) in [6.07, 6.45) is 1.01. The molecule has 0 saturated heterocycles. The number of hydrogen-bond donors (Lipinski definition) is 1. The summed E-state index contributed by atoms with van der Waals surface area (Å²) in [4.78, 5) is 0.794. The van der Waals surface area contributed by atoms with Gasteiger partial charge in [0.25, 0.3) is 0 Å². The number of nitrogens with zero attached hydrogens (tertiary/aromatic N) is 1. The largest absolute Gasteiger partial charge is 0.384 e. The quantitative estimate of drug-likeness (QED) is 0.723. The van der Waals surface area contributed by atoms with E-state index in [1.165, 1.54) is 18.4 Å². The van der Waals surface area contributed by atoms with Gasteiger partial charge in [0.05, 0.1) is 11.5 Å². The van der Waals surface area contributed by atoms with Gasteiger partial charge < -0.3 is 5.11 Å². The van der Waals surface area contributed by atoms with Crippen molar-refractivity contribution in [3.63, 3.8) is 0 Å². The van der Waals surface area contributed by atoms with Crippen molar-refractivity contribution in [2.75, 3.05) is 31.4 Å². The van der Waals surface area contributed by atoms with Gasteiger partial charge in [0.1, 0.15) is 16.4 Å². The van der Waals surface area contributed by atoms with E-state index in [-0.39, 0.29) is 13.2 Å². The van der Waals surface area contributed by atoms with Crippen molar-refractivity contribution in [2.45, 2.75) is 6.54 Å². The molecule has 0 aliphatic heterocycles. The zero-order chi connectivity index (χ0) is 16.1. The van der Waals surface area contributed by atoms with Crippen LogP contribution in [0.25, 0.3) is 0 Å². The van der Waals surface area contributed by atoms with Crippen LogP contribution >= 0.6 is 11.3 Å². The number of thiophene rings is 1. The fourth-order valence-electron chi connectivity index (χ4n) is 1.40. The smallest absolute Gasteiger partial charge is 0.215 e. The van der Waals surface area contributed by atoms with Crippen LogP contribution in [0.3, 0.4) is 0 Å². The number of sulfone groups is 1. The summed E-state index contributed by atoms with van der Waals surface area (Å²) in [5, 5.41) is 10.4. The Morgan fingerprint density at radius 1 is 1.29 bits per heavy atom. The summed E-state index contributed by atoms with van der Waals surface area (Å²) in [5.74, 6) is 4.43. The Bertz CT molecular complexity index is 737. The molecule has 0 aliphatic rings. The van der Waals surface area contributed by atoms with Crippen molar-refractivity contribution in [3.05, 3.63) is 21.9 Å². The first-order valence-electron chi connectivity index (χ1n) is 5.93. The van der Waals surface area contributed by atoms with Crippen LogP contribution in [-0.4, -0.2) is 57.7 Å². The fourth-order valence-corrected chi connectivity index (χ4v) is 5.05. The zero-order valence-corrected chi connectivity index (χ0v) is 14.2. The van der Waals surface area contributed by atoms with E-state index in [2.05, 4.69) is 11.8 Å². The monoisotopic (exact) mass is 351 g/mol. The van der Waals surface area contributed by atoms with Crippen molar-refractivity contribution >= 4 is 31.2 Å². The maximum atomic E-state index is 12.0. The van der Waals surface area contributed by atoms with Gasteiger partial charge in [0, 0.05) is 35.7 Å². The van der Waals surface area contributed by atoms with Crippen molar-refractivity contribution in [1.29, 1.82) is 0 Å². The highest BCUT2D eigenvalue weighted by Crippen LogP contribution is 2.17. The average molecular weight is 351 g/mol. The van der Waals surface area contributed by atoms with Crippen LogP contribution in [-0.2, 0) is 26.4 Å². The average Bonchev–Trinajstić information content (AvgIpc) is 2.81. The first-order valence-corrected chi connectivity index (χ1v) is 10.5. The molecule has 6 nitrogen and oxygen atoms in total. The fraction of sp³-hybridized carbons (Fsp3) is 0.500. The summed E-state index contributed by atoms with van der Waals surface area (Å²) in [6.45, 7) is -0.0669. The van der Waals surface area contributed by atoms with E-state index in [4.69, 9.17) is 5.11 Å². The van der Waals surface area contributed by atoms with E-state index < -0.39 is 31.4 Å². The van der Waals surface area contributed by atoms with Gasteiger partial charge in [-0.1, -0.05) is 11.8 Å². The molecule has 1 heterocycles. The van der Waals surface area contributed by atoms with Crippen LogP contribution in [0.2, 0.25) is 0 Å². The van der Waals surface area contributed by atoms with Crippen molar-refractivity contribution in [2.24, 2.45) is 0 Å². The van der Waals surface area contributed by atoms with Crippen molar-refractivity contribution in [3.8, 4) is 11.8 Å². The molecule has 118 valence electrons. The molecule has 1 aromatic heterocycles. The van der Waals surface area contributed by atoms with Crippen LogP contribution < -0.4 is 0 Å². The van der Waals surface area contributed by atoms with E-state index in [0.717, 1.165) is 15.4 Å². The molecule has 0 unspecified atom stereocenters. The van der Waals surface area contributed by atoms with Crippen LogP contribution in [0.5, 0.6) is 0 Å². The second-order valence-electron chi connectivity index (χ2n) is 4.46. The summed E-state index contributed by atoms with van der Waals surface area (Å²) in [6, 6.07) is 1.75. The minimum atomic E-state index is -3.61. The molecule has 0 radical (unpaired) electrons. The summed E-state index contributed by atoms with van der Waals surface area (Å²) in [7, 11) is -5.52. The Morgan fingerprint density at radius 3 is 2.52 bits per heavy atom. The molecule has 0 spiro atoms. The van der Waals surface area contributed by atoms with Crippen molar-refractivity contribution < 1.29 is 21.9 Å². The number of rotatable bonds is 6. The van der Waals surface area contributed by atoms with E-state index in [9.17, 15) is 16.8 Å². The number of aliphatic hydroxyl groups is 1. The maximum Gasteiger partial charge on any atom is 0.215 e. The third-order valence-corrected chi connectivity index (χ3v) is 6.46. The van der Waals surface area contributed by atoms with E-state index in [0.29, 0.717) is 5.56 Å². The van der Waals surface area contributed by atoms with Gasteiger partial charge in [-0.05, 0) is 6.07 Å². The van der Waals surface area contributed by atoms with Crippen LogP contribution in [0, 0.1) is 11.8 Å². The van der Waals surface area contributed by atoms with Gasteiger partial charge in [-0.3, -0.25) is 0 Å². The first-order chi connectivity index (χ1) is 9.64.